The van der Waals surface area contributed by atoms with Gasteiger partial charge in [-0.3, -0.25) is 9.59 Å². The van der Waals surface area contributed by atoms with Gasteiger partial charge in [0.05, 0.1) is 5.69 Å². The molecule has 0 unspecified atom stereocenters. The van der Waals surface area contributed by atoms with E-state index >= 15 is 0 Å². The molecule has 1 aromatic heterocycles. The van der Waals surface area contributed by atoms with Gasteiger partial charge in [0.25, 0.3) is 5.91 Å². The molecule has 3 aromatic rings. The monoisotopic (exact) mass is 379 g/mol. The topological polar surface area (TPSA) is 62.3 Å². The highest BCUT2D eigenvalue weighted by atomic mass is 32.1. The summed E-state index contributed by atoms with van der Waals surface area (Å²) in [5.74, 6) is -0.414. The molecule has 0 atom stereocenters. The molecule has 0 bridgehead atoms. The van der Waals surface area contributed by atoms with E-state index in [9.17, 15) is 9.59 Å². The summed E-state index contributed by atoms with van der Waals surface area (Å²) in [5.41, 5.74) is 3.57. The van der Waals surface area contributed by atoms with E-state index in [0.717, 1.165) is 16.8 Å². The average Bonchev–Trinajstić information content (AvgIpc) is 3.11. The molecule has 0 radical (unpaired) electrons. The van der Waals surface area contributed by atoms with Gasteiger partial charge in [-0.25, -0.2) is 4.98 Å². The lowest BCUT2D eigenvalue weighted by atomic mass is 10.0. The van der Waals surface area contributed by atoms with Gasteiger partial charge >= 0.3 is 0 Å². The Bertz CT molecular complexity index is 920. The normalized spacial score (nSPS) is 10.4. The van der Waals surface area contributed by atoms with Crippen molar-refractivity contribution in [3.05, 3.63) is 71.2 Å². The first-order chi connectivity index (χ1) is 13.1. The van der Waals surface area contributed by atoms with Gasteiger partial charge in [0.15, 0.2) is 5.13 Å². The second-order valence-corrected chi connectivity index (χ2v) is 6.96. The molecule has 138 valence electrons. The Labute approximate surface area is 162 Å². The summed E-state index contributed by atoms with van der Waals surface area (Å²) in [6, 6.07) is 17.4. The van der Waals surface area contributed by atoms with Crippen molar-refractivity contribution in [2.24, 2.45) is 0 Å². The maximum absolute atomic E-state index is 12.7. The fraction of sp³-hybridized carbons (Fsp3) is 0.190. The molecule has 0 aliphatic rings. The van der Waals surface area contributed by atoms with Crippen LogP contribution in [0.3, 0.4) is 0 Å². The number of aromatic nitrogens is 1. The van der Waals surface area contributed by atoms with Crippen molar-refractivity contribution in [1.82, 2.24) is 9.88 Å². The van der Waals surface area contributed by atoms with E-state index in [1.807, 2.05) is 61.7 Å². The Hall–Kier alpha value is -2.99. The number of likely N-dealkylation sites (N-methyl/N-ethyl adjacent to an activating group) is 1. The van der Waals surface area contributed by atoms with E-state index < -0.39 is 0 Å². The predicted octanol–water partition coefficient (Wildman–Crippen LogP) is 4.22. The summed E-state index contributed by atoms with van der Waals surface area (Å²) in [4.78, 5) is 30.7. The number of rotatable bonds is 6. The number of benzene rings is 2. The van der Waals surface area contributed by atoms with Crippen LogP contribution in [0, 0.1) is 6.92 Å². The quantitative estimate of drug-likeness (QED) is 0.697. The molecular weight excluding hydrogens is 358 g/mol. The van der Waals surface area contributed by atoms with E-state index in [4.69, 9.17) is 0 Å². The standard InChI is InChI=1S/C21H21N3O2S/c1-3-24(13-19(25)23-21-22-15(2)14-27-21)20(26)18-11-9-17(10-12-18)16-7-5-4-6-8-16/h4-12,14H,3,13H2,1-2H3,(H,22,23,25). The number of thiazole rings is 1. The predicted molar refractivity (Wildman–Crippen MR) is 109 cm³/mol. The molecule has 0 fully saturated rings. The maximum Gasteiger partial charge on any atom is 0.254 e. The first-order valence-corrected chi connectivity index (χ1v) is 9.61. The third-order valence-electron chi connectivity index (χ3n) is 4.11. The molecule has 27 heavy (non-hydrogen) atoms. The highest BCUT2D eigenvalue weighted by Gasteiger charge is 2.18. The van der Waals surface area contributed by atoms with Gasteiger partial charge in [-0.1, -0.05) is 42.5 Å². The molecule has 2 aromatic carbocycles. The van der Waals surface area contributed by atoms with Crippen molar-refractivity contribution in [2.75, 3.05) is 18.4 Å². The Kier molecular flexibility index (Phi) is 5.98. The van der Waals surface area contributed by atoms with Crippen molar-refractivity contribution in [1.29, 1.82) is 0 Å². The molecule has 0 saturated heterocycles. The third kappa shape index (κ3) is 4.80. The van der Waals surface area contributed by atoms with Crippen molar-refractivity contribution in [3.8, 4) is 11.1 Å². The van der Waals surface area contributed by atoms with Gasteiger partial charge < -0.3 is 10.2 Å². The van der Waals surface area contributed by atoms with Gasteiger partial charge in [0.1, 0.15) is 6.54 Å². The fourth-order valence-corrected chi connectivity index (χ4v) is 3.39. The highest BCUT2D eigenvalue weighted by molar-refractivity contribution is 7.13. The molecule has 0 spiro atoms. The molecular formula is C21H21N3O2S. The van der Waals surface area contributed by atoms with Gasteiger partial charge in [-0.15, -0.1) is 11.3 Å². The van der Waals surface area contributed by atoms with Crippen LogP contribution >= 0.6 is 11.3 Å². The summed E-state index contributed by atoms with van der Waals surface area (Å²) in [5, 5.41) is 5.16. The van der Waals surface area contributed by atoms with Crippen molar-refractivity contribution in [2.45, 2.75) is 13.8 Å². The Balaban J connectivity index is 1.66. The number of nitrogens with zero attached hydrogens (tertiary/aromatic N) is 2. The molecule has 0 aliphatic heterocycles. The van der Waals surface area contributed by atoms with E-state index in [0.29, 0.717) is 17.2 Å². The van der Waals surface area contributed by atoms with E-state index in [2.05, 4.69) is 10.3 Å². The molecule has 6 heteroatoms. The summed E-state index contributed by atoms with van der Waals surface area (Å²) >= 11 is 1.37. The van der Waals surface area contributed by atoms with Crippen molar-refractivity contribution in [3.63, 3.8) is 0 Å². The minimum absolute atomic E-state index is 0.00556. The van der Waals surface area contributed by atoms with Gasteiger partial charge in [-0.05, 0) is 37.1 Å². The molecule has 3 rings (SSSR count). The van der Waals surface area contributed by atoms with Crippen LogP contribution in [0.15, 0.2) is 60.0 Å². The first kappa shape index (κ1) is 18.8. The minimum Gasteiger partial charge on any atom is -0.330 e. The maximum atomic E-state index is 12.7. The zero-order valence-corrected chi connectivity index (χ0v) is 16.1. The zero-order valence-electron chi connectivity index (χ0n) is 15.3. The summed E-state index contributed by atoms with van der Waals surface area (Å²) in [6.45, 7) is 4.17. The van der Waals surface area contributed by atoms with Crippen LogP contribution in [0.2, 0.25) is 0 Å². The smallest absolute Gasteiger partial charge is 0.254 e. The van der Waals surface area contributed by atoms with E-state index in [-0.39, 0.29) is 18.4 Å². The number of nitrogens with one attached hydrogen (secondary N) is 1. The molecule has 2 amide bonds. The van der Waals surface area contributed by atoms with Gasteiger partial charge in [0, 0.05) is 17.5 Å². The van der Waals surface area contributed by atoms with Crippen LogP contribution in [-0.4, -0.2) is 34.8 Å². The van der Waals surface area contributed by atoms with E-state index in [1.54, 1.807) is 12.1 Å². The van der Waals surface area contributed by atoms with Crippen LogP contribution in [0.5, 0.6) is 0 Å². The zero-order chi connectivity index (χ0) is 19.2. The molecule has 1 heterocycles. The summed E-state index contributed by atoms with van der Waals surface area (Å²) in [7, 11) is 0. The lowest BCUT2D eigenvalue weighted by Gasteiger charge is -2.20. The SMILES string of the molecule is CCN(CC(=O)Nc1nc(C)cs1)C(=O)c1ccc(-c2ccccc2)cc1. The number of hydrogen-bond donors (Lipinski definition) is 1. The first-order valence-electron chi connectivity index (χ1n) is 8.73. The van der Waals surface area contributed by atoms with Crippen LogP contribution in [-0.2, 0) is 4.79 Å². The Morgan fingerprint density at radius 2 is 1.70 bits per heavy atom. The van der Waals surface area contributed by atoms with Gasteiger partial charge in [0.2, 0.25) is 5.91 Å². The Morgan fingerprint density at radius 3 is 2.30 bits per heavy atom. The number of hydrogen-bond acceptors (Lipinski definition) is 4. The number of carbonyl (C=O) groups is 2. The van der Waals surface area contributed by atoms with Crippen LogP contribution < -0.4 is 5.32 Å². The second-order valence-electron chi connectivity index (χ2n) is 6.10. The fourth-order valence-electron chi connectivity index (χ4n) is 2.69. The number of amides is 2. The van der Waals surface area contributed by atoms with Crippen LogP contribution in [0.4, 0.5) is 5.13 Å². The number of anilines is 1. The molecule has 0 aliphatic carbocycles. The Morgan fingerprint density at radius 1 is 1.04 bits per heavy atom. The molecule has 1 N–H and O–H groups in total. The van der Waals surface area contributed by atoms with Gasteiger partial charge in [-0.2, -0.15) is 0 Å². The largest absolute Gasteiger partial charge is 0.330 e. The average molecular weight is 379 g/mol. The summed E-state index contributed by atoms with van der Waals surface area (Å²) in [6.07, 6.45) is 0. The van der Waals surface area contributed by atoms with Crippen molar-refractivity contribution < 1.29 is 9.59 Å². The van der Waals surface area contributed by atoms with Crippen LogP contribution in [0.1, 0.15) is 23.0 Å². The second kappa shape index (κ2) is 8.60. The molecule has 0 saturated carbocycles. The van der Waals surface area contributed by atoms with Crippen molar-refractivity contribution >= 4 is 28.3 Å². The minimum atomic E-state index is -0.250. The number of aryl methyl sites for hydroxylation is 1. The lowest BCUT2D eigenvalue weighted by molar-refractivity contribution is -0.116. The van der Waals surface area contributed by atoms with Crippen LogP contribution in [0.25, 0.3) is 11.1 Å². The highest BCUT2D eigenvalue weighted by Crippen LogP contribution is 2.20. The summed E-state index contributed by atoms with van der Waals surface area (Å²) < 4.78 is 0. The lowest BCUT2D eigenvalue weighted by Crippen LogP contribution is -2.37. The molecule has 5 nitrogen and oxygen atoms in total. The van der Waals surface area contributed by atoms with E-state index in [1.165, 1.54) is 16.2 Å². The third-order valence-corrected chi connectivity index (χ3v) is 4.98. The number of carbonyl (C=O) groups excluding carboxylic acids is 2.